The molecule has 0 N–H and O–H groups in total. The Balaban J connectivity index is 1.43. The summed E-state index contributed by atoms with van der Waals surface area (Å²) in [7, 11) is 0. The maximum Gasteiger partial charge on any atom is 0.222 e. The molecule has 5 nitrogen and oxygen atoms in total. The van der Waals surface area contributed by atoms with E-state index < -0.39 is 0 Å². The summed E-state index contributed by atoms with van der Waals surface area (Å²) in [4.78, 5) is 23.3. The zero-order valence-electron chi connectivity index (χ0n) is 14.4. The second-order valence-electron chi connectivity index (χ2n) is 7.09. The second-order valence-corrected chi connectivity index (χ2v) is 7.09. The Kier molecular flexibility index (Phi) is 4.49. The summed E-state index contributed by atoms with van der Waals surface area (Å²) in [6.07, 6.45) is 5.14. The van der Waals surface area contributed by atoms with Gasteiger partial charge in [-0.2, -0.15) is 0 Å². The van der Waals surface area contributed by atoms with Crippen molar-refractivity contribution in [1.29, 1.82) is 0 Å². The van der Waals surface area contributed by atoms with Gasteiger partial charge in [-0.3, -0.25) is 4.79 Å². The van der Waals surface area contributed by atoms with Crippen molar-refractivity contribution in [2.75, 3.05) is 26.3 Å². The molecule has 2 fully saturated rings. The first-order valence-corrected chi connectivity index (χ1v) is 8.97. The molecule has 130 valence electrons. The molecule has 5 heteroatoms. The minimum Gasteiger partial charge on any atom is -0.381 e. The molecule has 1 atom stereocenters. The van der Waals surface area contributed by atoms with Crippen molar-refractivity contribution in [3.05, 3.63) is 48.4 Å². The van der Waals surface area contributed by atoms with Crippen LogP contribution in [0.4, 0.5) is 0 Å². The summed E-state index contributed by atoms with van der Waals surface area (Å²) in [5.74, 6) is 1.04. The number of piperidine rings is 1. The monoisotopic (exact) mass is 337 g/mol. The average Bonchev–Trinajstić information content (AvgIpc) is 3.12. The van der Waals surface area contributed by atoms with Gasteiger partial charge in [0.2, 0.25) is 5.91 Å². The number of nitrogens with zero attached hydrogens (tertiary/aromatic N) is 3. The van der Waals surface area contributed by atoms with Crippen LogP contribution in [-0.4, -0.2) is 47.1 Å². The van der Waals surface area contributed by atoms with Crippen molar-refractivity contribution in [1.82, 2.24) is 14.9 Å². The third-order valence-electron chi connectivity index (χ3n) is 5.31. The molecule has 0 bridgehead atoms. The lowest BCUT2D eigenvalue weighted by atomic mass is 9.79. The number of ether oxygens (including phenoxy) is 1. The van der Waals surface area contributed by atoms with Crippen molar-refractivity contribution < 1.29 is 9.53 Å². The van der Waals surface area contributed by atoms with Gasteiger partial charge in [-0.05, 0) is 18.9 Å². The van der Waals surface area contributed by atoms with Crippen LogP contribution in [0.5, 0.6) is 0 Å². The number of rotatable bonds is 4. The lowest BCUT2D eigenvalue weighted by Gasteiger charge is -2.39. The van der Waals surface area contributed by atoms with Gasteiger partial charge in [-0.1, -0.05) is 30.3 Å². The fourth-order valence-electron chi connectivity index (χ4n) is 3.80. The van der Waals surface area contributed by atoms with Crippen molar-refractivity contribution >= 4 is 5.91 Å². The van der Waals surface area contributed by atoms with Gasteiger partial charge in [0.15, 0.2) is 0 Å². The number of aromatic nitrogens is 2. The highest BCUT2D eigenvalue weighted by molar-refractivity contribution is 5.77. The standard InChI is InChI=1S/C20H23N3O2/c24-19-6-9-20(10-13-25-15-20)14-23(19)12-8-18-21-11-7-17(22-18)16-4-2-1-3-5-16/h1-5,7,11H,6,8-10,12-15H2/t20-/m1/s1. The molecule has 2 saturated heterocycles. The van der Waals surface area contributed by atoms with E-state index in [9.17, 15) is 4.79 Å². The number of benzene rings is 1. The van der Waals surface area contributed by atoms with Gasteiger partial charge in [0.1, 0.15) is 5.82 Å². The summed E-state index contributed by atoms with van der Waals surface area (Å²) in [5.41, 5.74) is 2.19. The van der Waals surface area contributed by atoms with Gasteiger partial charge >= 0.3 is 0 Å². The SMILES string of the molecule is O=C1CC[C@@]2(CCOC2)CN1CCc1nccc(-c2ccccc2)n1. The third kappa shape index (κ3) is 3.56. The Morgan fingerprint density at radius 1 is 1.16 bits per heavy atom. The van der Waals surface area contributed by atoms with Crippen molar-refractivity contribution in [2.24, 2.45) is 5.41 Å². The zero-order chi connectivity index (χ0) is 17.1. The Bertz CT molecular complexity index is 742. The highest BCUT2D eigenvalue weighted by atomic mass is 16.5. The van der Waals surface area contributed by atoms with Gasteiger partial charge in [-0.15, -0.1) is 0 Å². The molecule has 2 aliphatic rings. The van der Waals surface area contributed by atoms with Gasteiger partial charge in [0, 0.05) is 49.7 Å². The molecule has 0 saturated carbocycles. The Morgan fingerprint density at radius 3 is 2.84 bits per heavy atom. The summed E-state index contributed by atoms with van der Waals surface area (Å²) in [6, 6.07) is 12.0. The van der Waals surface area contributed by atoms with Crippen LogP contribution in [0.3, 0.4) is 0 Å². The van der Waals surface area contributed by atoms with Crippen LogP contribution in [0, 0.1) is 5.41 Å². The Hall–Kier alpha value is -2.27. The quantitative estimate of drug-likeness (QED) is 0.861. The number of hydrogen-bond acceptors (Lipinski definition) is 4. The molecule has 0 unspecified atom stereocenters. The molecule has 2 aromatic rings. The van der Waals surface area contributed by atoms with Crippen LogP contribution in [-0.2, 0) is 16.0 Å². The molecule has 1 aromatic heterocycles. The average molecular weight is 337 g/mol. The van der Waals surface area contributed by atoms with Crippen LogP contribution in [0.25, 0.3) is 11.3 Å². The minimum atomic E-state index is 0.181. The predicted molar refractivity (Wildman–Crippen MR) is 94.9 cm³/mol. The highest BCUT2D eigenvalue weighted by Crippen LogP contribution is 2.38. The van der Waals surface area contributed by atoms with Crippen LogP contribution in [0.2, 0.25) is 0 Å². The van der Waals surface area contributed by atoms with E-state index >= 15 is 0 Å². The first kappa shape index (κ1) is 16.2. The Morgan fingerprint density at radius 2 is 2.04 bits per heavy atom. The van der Waals surface area contributed by atoms with E-state index in [-0.39, 0.29) is 11.3 Å². The van der Waals surface area contributed by atoms with Gasteiger partial charge < -0.3 is 9.64 Å². The third-order valence-corrected chi connectivity index (χ3v) is 5.31. The van der Waals surface area contributed by atoms with Crippen molar-refractivity contribution in [2.45, 2.75) is 25.7 Å². The maximum absolute atomic E-state index is 12.3. The number of amides is 1. The minimum absolute atomic E-state index is 0.181. The van der Waals surface area contributed by atoms with E-state index in [1.165, 1.54) is 0 Å². The lowest BCUT2D eigenvalue weighted by Crippen LogP contribution is -2.47. The van der Waals surface area contributed by atoms with E-state index in [0.29, 0.717) is 19.4 Å². The molecule has 0 radical (unpaired) electrons. The molecule has 2 aliphatic heterocycles. The number of carbonyl (C=O) groups is 1. The summed E-state index contributed by atoms with van der Waals surface area (Å²) in [6.45, 7) is 3.10. The topological polar surface area (TPSA) is 55.3 Å². The maximum atomic E-state index is 12.3. The largest absolute Gasteiger partial charge is 0.381 e. The smallest absolute Gasteiger partial charge is 0.222 e. The number of carbonyl (C=O) groups excluding carboxylic acids is 1. The molecular weight excluding hydrogens is 314 g/mol. The molecule has 1 amide bonds. The molecule has 3 heterocycles. The van der Waals surface area contributed by atoms with Crippen LogP contribution >= 0.6 is 0 Å². The fraction of sp³-hybridized carbons (Fsp3) is 0.450. The van der Waals surface area contributed by atoms with E-state index in [4.69, 9.17) is 4.74 Å². The zero-order valence-corrected chi connectivity index (χ0v) is 14.4. The van der Waals surface area contributed by atoms with E-state index in [1.54, 1.807) is 6.20 Å². The molecular formula is C20H23N3O2. The normalized spacial score (nSPS) is 23.4. The Labute approximate surface area is 148 Å². The molecule has 25 heavy (non-hydrogen) atoms. The molecule has 1 spiro atoms. The first-order valence-electron chi connectivity index (χ1n) is 8.97. The van der Waals surface area contributed by atoms with E-state index in [2.05, 4.69) is 9.97 Å². The number of likely N-dealkylation sites (tertiary alicyclic amines) is 1. The fourth-order valence-corrected chi connectivity index (χ4v) is 3.80. The van der Waals surface area contributed by atoms with Gasteiger partial charge in [-0.25, -0.2) is 9.97 Å². The van der Waals surface area contributed by atoms with E-state index in [0.717, 1.165) is 49.7 Å². The van der Waals surface area contributed by atoms with Crippen molar-refractivity contribution in [3.8, 4) is 11.3 Å². The highest BCUT2D eigenvalue weighted by Gasteiger charge is 2.41. The van der Waals surface area contributed by atoms with Crippen LogP contribution in [0.1, 0.15) is 25.1 Å². The molecule has 1 aromatic carbocycles. The lowest BCUT2D eigenvalue weighted by molar-refractivity contribution is -0.137. The van der Waals surface area contributed by atoms with Crippen LogP contribution < -0.4 is 0 Å². The van der Waals surface area contributed by atoms with Crippen molar-refractivity contribution in [3.63, 3.8) is 0 Å². The molecule has 0 aliphatic carbocycles. The second kappa shape index (κ2) is 6.92. The summed E-state index contributed by atoms with van der Waals surface area (Å²) < 4.78 is 5.59. The van der Waals surface area contributed by atoms with Crippen LogP contribution in [0.15, 0.2) is 42.6 Å². The van der Waals surface area contributed by atoms with Gasteiger partial charge in [0.05, 0.1) is 12.3 Å². The summed E-state index contributed by atoms with van der Waals surface area (Å²) in [5, 5.41) is 0. The van der Waals surface area contributed by atoms with Gasteiger partial charge in [0.25, 0.3) is 0 Å². The first-order chi connectivity index (χ1) is 12.2. The molecule has 4 rings (SSSR count). The number of hydrogen-bond donors (Lipinski definition) is 0. The summed E-state index contributed by atoms with van der Waals surface area (Å²) >= 11 is 0. The van der Waals surface area contributed by atoms with E-state index in [1.807, 2.05) is 41.3 Å². The predicted octanol–water partition coefficient (Wildman–Crippen LogP) is 2.72.